The van der Waals surface area contributed by atoms with Gasteiger partial charge in [-0.1, -0.05) is 15.9 Å². The average Bonchev–Trinajstić information content (AvgIpc) is 2.40. The SMILES string of the molecule is COCCOCCOCCOc1cc(Br)ccc1F. The Labute approximate surface area is 120 Å². The molecule has 0 heterocycles. The van der Waals surface area contributed by atoms with Crippen LogP contribution < -0.4 is 4.74 Å². The van der Waals surface area contributed by atoms with Gasteiger partial charge in [0.2, 0.25) is 0 Å². The zero-order valence-corrected chi connectivity index (χ0v) is 12.4. The van der Waals surface area contributed by atoms with Crippen molar-refractivity contribution in [3.8, 4) is 5.75 Å². The van der Waals surface area contributed by atoms with Crippen molar-refractivity contribution in [2.75, 3.05) is 46.8 Å². The van der Waals surface area contributed by atoms with E-state index >= 15 is 0 Å². The van der Waals surface area contributed by atoms with Crippen LogP contribution in [0.1, 0.15) is 0 Å². The molecule has 0 amide bonds. The third kappa shape index (κ3) is 7.47. The molecule has 4 nitrogen and oxygen atoms in total. The minimum absolute atomic E-state index is 0.217. The van der Waals surface area contributed by atoms with Gasteiger partial charge in [0.1, 0.15) is 6.61 Å². The molecule has 0 fully saturated rings. The van der Waals surface area contributed by atoms with Crippen LogP contribution in [0.5, 0.6) is 5.75 Å². The van der Waals surface area contributed by atoms with Crippen molar-refractivity contribution in [2.45, 2.75) is 0 Å². The molecule has 0 N–H and O–H groups in total. The molecule has 0 unspecified atom stereocenters. The highest BCUT2D eigenvalue weighted by Crippen LogP contribution is 2.21. The van der Waals surface area contributed by atoms with E-state index < -0.39 is 0 Å². The molecule has 6 heteroatoms. The predicted molar refractivity (Wildman–Crippen MR) is 73.1 cm³/mol. The number of hydrogen-bond donors (Lipinski definition) is 0. The molecule has 19 heavy (non-hydrogen) atoms. The molecule has 0 aliphatic rings. The summed E-state index contributed by atoms with van der Waals surface area (Å²) in [6, 6.07) is 4.56. The second-order valence-corrected chi connectivity index (χ2v) is 4.56. The van der Waals surface area contributed by atoms with Crippen LogP contribution in [0.25, 0.3) is 0 Å². The fraction of sp³-hybridized carbons (Fsp3) is 0.538. The Morgan fingerprint density at radius 2 is 1.63 bits per heavy atom. The highest BCUT2D eigenvalue weighted by Gasteiger charge is 2.03. The van der Waals surface area contributed by atoms with E-state index in [1.807, 2.05) is 0 Å². The quantitative estimate of drug-likeness (QED) is 0.615. The highest BCUT2D eigenvalue weighted by molar-refractivity contribution is 9.10. The van der Waals surface area contributed by atoms with Crippen molar-refractivity contribution < 1.29 is 23.3 Å². The Bertz CT molecular complexity index is 362. The van der Waals surface area contributed by atoms with Gasteiger partial charge >= 0.3 is 0 Å². The molecule has 0 aliphatic heterocycles. The Morgan fingerprint density at radius 1 is 1.00 bits per heavy atom. The summed E-state index contributed by atoms with van der Waals surface area (Å²) in [5.74, 6) is -0.166. The van der Waals surface area contributed by atoms with Gasteiger partial charge in [-0.05, 0) is 18.2 Å². The number of rotatable bonds is 10. The Kier molecular flexibility index (Phi) is 8.73. The van der Waals surface area contributed by atoms with E-state index in [0.29, 0.717) is 39.6 Å². The summed E-state index contributed by atoms with van der Waals surface area (Å²) >= 11 is 3.26. The zero-order valence-electron chi connectivity index (χ0n) is 10.9. The van der Waals surface area contributed by atoms with Crippen molar-refractivity contribution in [2.24, 2.45) is 0 Å². The number of halogens is 2. The largest absolute Gasteiger partial charge is 0.488 e. The molecular formula is C13H18BrFO4. The van der Waals surface area contributed by atoms with Crippen molar-refractivity contribution in [1.82, 2.24) is 0 Å². The van der Waals surface area contributed by atoms with Gasteiger partial charge in [-0.3, -0.25) is 0 Å². The van der Waals surface area contributed by atoms with Crippen LogP contribution in [0.4, 0.5) is 4.39 Å². The Morgan fingerprint density at radius 3 is 2.32 bits per heavy atom. The minimum Gasteiger partial charge on any atom is -0.488 e. The van der Waals surface area contributed by atoms with Gasteiger partial charge in [0.25, 0.3) is 0 Å². The molecule has 0 saturated heterocycles. The minimum atomic E-state index is -0.383. The lowest BCUT2D eigenvalue weighted by atomic mass is 10.3. The Hall–Kier alpha value is -0.690. The van der Waals surface area contributed by atoms with Gasteiger partial charge < -0.3 is 18.9 Å². The van der Waals surface area contributed by atoms with E-state index in [2.05, 4.69) is 15.9 Å². The molecule has 108 valence electrons. The molecule has 1 aromatic rings. The molecule has 0 aliphatic carbocycles. The summed E-state index contributed by atoms with van der Waals surface area (Å²) in [5.41, 5.74) is 0. The van der Waals surface area contributed by atoms with E-state index in [1.165, 1.54) is 6.07 Å². The van der Waals surface area contributed by atoms with E-state index in [-0.39, 0.29) is 11.6 Å². The fourth-order valence-electron chi connectivity index (χ4n) is 1.26. The van der Waals surface area contributed by atoms with E-state index in [1.54, 1.807) is 19.2 Å². The van der Waals surface area contributed by atoms with Crippen molar-refractivity contribution in [1.29, 1.82) is 0 Å². The first-order chi connectivity index (χ1) is 9.24. The van der Waals surface area contributed by atoms with Gasteiger partial charge in [-0.2, -0.15) is 0 Å². The van der Waals surface area contributed by atoms with Crippen LogP contribution >= 0.6 is 15.9 Å². The predicted octanol–water partition coefficient (Wildman–Crippen LogP) is 2.65. The maximum Gasteiger partial charge on any atom is 0.165 e. The van der Waals surface area contributed by atoms with Crippen LogP contribution in [-0.4, -0.2) is 46.8 Å². The lowest BCUT2D eigenvalue weighted by Crippen LogP contribution is -2.12. The van der Waals surface area contributed by atoms with Gasteiger partial charge in [-0.15, -0.1) is 0 Å². The summed E-state index contributed by atoms with van der Waals surface area (Å²) in [6.45, 7) is 2.80. The first-order valence-electron chi connectivity index (χ1n) is 5.96. The lowest BCUT2D eigenvalue weighted by molar-refractivity contribution is 0.0177. The first kappa shape index (κ1) is 16.4. The molecule has 0 atom stereocenters. The third-order valence-electron chi connectivity index (χ3n) is 2.18. The number of hydrogen-bond acceptors (Lipinski definition) is 4. The molecule has 1 rings (SSSR count). The van der Waals surface area contributed by atoms with Crippen molar-refractivity contribution in [3.63, 3.8) is 0 Å². The molecule has 0 aromatic heterocycles. The van der Waals surface area contributed by atoms with E-state index in [9.17, 15) is 4.39 Å². The zero-order chi connectivity index (χ0) is 13.9. The Balaban J connectivity index is 2.03. The van der Waals surface area contributed by atoms with Crippen LogP contribution in [0.3, 0.4) is 0 Å². The van der Waals surface area contributed by atoms with Crippen LogP contribution in [0.2, 0.25) is 0 Å². The average molecular weight is 337 g/mol. The van der Waals surface area contributed by atoms with E-state index in [0.717, 1.165) is 4.47 Å². The molecular weight excluding hydrogens is 319 g/mol. The standard InChI is InChI=1S/C13H18BrFO4/c1-16-4-5-17-6-7-18-8-9-19-13-10-11(14)2-3-12(13)15/h2-3,10H,4-9H2,1H3. The van der Waals surface area contributed by atoms with Crippen LogP contribution in [0.15, 0.2) is 22.7 Å². The third-order valence-corrected chi connectivity index (χ3v) is 2.68. The molecule has 0 radical (unpaired) electrons. The molecule has 0 saturated carbocycles. The molecule has 0 bridgehead atoms. The number of benzene rings is 1. The summed E-state index contributed by atoms with van der Waals surface area (Å²) in [5, 5.41) is 0. The fourth-order valence-corrected chi connectivity index (χ4v) is 1.60. The maximum atomic E-state index is 13.3. The topological polar surface area (TPSA) is 36.9 Å². The van der Waals surface area contributed by atoms with Crippen LogP contribution in [-0.2, 0) is 14.2 Å². The molecule has 1 aromatic carbocycles. The van der Waals surface area contributed by atoms with Gasteiger partial charge in [0.05, 0.1) is 33.0 Å². The highest BCUT2D eigenvalue weighted by atomic mass is 79.9. The second kappa shape index (κ2) is 10.1. The van der Waals surface area contributed by atoms with E-state index in [4.69, 9.17) is 18.9 Å². The number of methoxy groups -OCH3 is 1. The van der Waals surface area contributed by atoms with Gasteiger partial charge in [0, 0.05) is 11.6 Å². The lowest BCUT2D eigenvalue weighted by Gasteiger charge is -2.08. The normalized spacial score (nSPS) is 10.7. The van der Waals surface area contributed by atoms with Crippen molar-refractivity contribution in [3.05, 3.63) is 28.5 Å². The summed E-state index contributed by atoms with van der Waals surface area (Å²) in [6.07, 6.45) is 0. The van der Waals surface area contributed by atoms with Gasteiger partial charge in [0.15, 0.2) is 11.6 Å². The van der Waals surface area contributed by atoms with Gasteiger partial charge in [-0.25, -0.2) is 4.39 Å². The number of ether oxygens (including phenoxy) is 4. The first-order valence-corrected chi connectivity index (χ1v) is 6.75. The molecule has 0 spiro atoms. The maximum absolute atomic E-state index is 13.3. The monoisotopic (exact) mass is 336 g/mol. The van der Waals surface area contributed by atoms with Crippen molar-refractivity contribution >= 4 is 15.9 Å². The van der Waals surface area contributed by atoms with Crippen LogP contribution in [0, 0.1) is 5.82 Å². The summed E-state index contributed by atoms with van der Waals surface area (Å²) < 4.78 is 34.7. The summed E-state index contributed by atoms with van der Waals surface area (Å²) in [4.78, 5) is 0. The summed E-state index contributed by atoms with van der Waals surface area (Å²) in [7, 11) is 1.62. The second-order valence-electron chi connectivity index (χ2n) is 3.64. The smallest absolute Gasteiger partial charge is 0.165 e.